The molecular formula is C13H22N4O2. The van der Waals surface area contributed by atoms with E-state index in [9.17, 15) is 9.90 Å². The van der Waals surface area contributed by atoms with Crippen LogP contribution in [0.4, 0.5) is 0 Å². The fourth-order valence-electron chi connectivity index (χ4n) is 2.43. The van der Waals surface area contributed by atoms with Crippen LogP contribution in [-0.4, -0.2) is 58.3 Å². The average molecular weight is 266 g/mol. The van der Waals surface area contributed by atoms with Gasteiger partial charge in [0.2, 0.25) is 5.91 Å². The third kappa shape index (κ3) is 3.54. The monoisotopic (exact) mass is 266 g/mol. The van der Waals surface area contributed by atoms with Crippen molar-refractivity contribution in [3.05, 3.63) is 18.2 Å². The molecule has 2 N–H and O–H groups in total. The van der Waals surface area contributed by atoms with Crippen molar-refractivity contribution in [3.63, 3.8) is 0 Å². The molecule has 0 unspecified atom stereocenters. The minimum atomic E-state index is -0.524. The van der Waals surface area contributed by atoms with Gasteiger partial charge in [0.05, 0.1) is 12.0 Å². The lowest BCUT2D eigenvalue weighted by molar-refractivity contribution is -0.131. The van der Waals surface area contributed by atoms with Crippen molar-refractivity contribution >= 4 is 5.91 Å². The topological polar surface area (TPSA) is 70.4 Å². The maximum Gasteiger partial charge on any atom is 0.227 e. The zero-order valence-electron chi connectivity index (χ0n) is 11.5. The van der Waals surface area contributed by atoms with Gasteiger partial charge in [0.1, 0.15) is 5.82 Å². The molecule has 1 aromatic rings. The van der Waals surface area contributed by atoms with Crippen molar-refractivity contribution in [3.8, 4) is 0 Å². The van der Waals surface area contributed by atoms with E-state index in [2.05, 4.69) is 15.2 Å². The number of likely N-dealkylation sites (tertiary alicyclic amines) is 1. The van der Waals surface area contributed by atoms with Crippen LogP contribution in [-0.2, 0) is 18.3 Å². The Morgan fingerprint density at radius 2 is 2.37 bits per heavy atom. The fourth-order valence-corrected chi connectivity index (χ4v) is 2.43. The maximum atomic E-state index is 12.0. The average Bonchev–Trinajstić information content (AvgIpc) is 2.78. The molecule has 2 rings (SSSR count). The summed E-state index contributed by atoms with van der Waals surface area (Å²) in [5.74, 6) is 0.565. The zero-order chi connectivity index (χ0) is 13.8. The summed E-state index contributed by atoms with van der Waals surface area (Å²) in [6.45, 7) is 2.02. The van der Waals surface area contributed by atoms with E-state index in [1.165, 1.54) is 0 Å². The number of aromatic nitrogens is 2. The number of aliphatic hydroxyl groups excluding tert-OH is 1. The van der Waals surface area contributed by atoms with Crippen LogP contribution in [0, 0.1) is 5.92 Å². The standard InChI is InChI=1S/C13H22N4O2/c1-16-7-4-11(18)10(9-16)13(19)15-5-3-12-14-6-8-17(12)2/h6,8,10-11,18H,3-5,7,9H2,1-2H3,(H,15,19)/t10-,11-/m1/s1. The van der Waals surface area contributed by atoms with Crippen molar-refractivity contribution in [2.45, 2.75) is 18.9 Å². The summed E-state index contributed by atoms with van der Waals surface area (Å²) >= 11 is 0. The Morgan fingerprint density at radius 1 is 1.58 bits per heavy atom. The van der Waals surface area contributed by atoms with Crippen LogP contribution >= 0.6 is 0 Å². The van der Waals surface area contributed by atoms with Gasteiger partial charge in [-0.25, -0.2) is 4.98 Å². The molecule has 0 radical (unpaired) electrons. The van der Waals surface area contributed by atoms with Crippen LogP contribution in [0.2, 0.25) is 0 Å². The molecule has 1 aliphatic rings. The van der Waals surface area contributed by atoms with E-state index < -0.39 is 6.10 Å². The smallest absolute Gasteiger partial charge is 0.227 e. The zero-order valence-corrected chi connectivity index (χ0v) is 11.5. The van der Waals surface area contributed by atoms with Crippen molar-refractivity contribution in [2.75, 3.05) is 26.7 Å². The van der Waals surface area contributed by atoms with Crippen LogP contribution < -0.4 is 5.32 Å². The van der Waals surface area contributed by atoms with Gasteiger partial charge in [-0.15, -0.1) is 0 Å². The molecule has 1 aliphatic heterocycles. The van der Waals surface area contributed by atoms with E-state index in [4.69, 9.17) is 0 Å². The molecule has 6 nitrogen and oxygen atoms in total. The summed E-state index contributed by atoms with van der Waals surface area (Å²) in [5, 5.41) is 12.8. The largest absolute Gasteiger partial charge is 0.392 e. The predicted molar refractivity (Wildman–Crippen MR) is 71.5 cm³/mol. The molecule has 0 bridgehead atoms. The van der Waals surface area contributed by atoms with E-state index in [1.807, 2.05) is 24.9 Å². The number of piperidine rings is 1. The number of nitrogens with one attached hydrogen (secondary N) is 1. The second-order valence-corrected chi connectivity index (χ2v) is 5.22. The SMILES string of the molecule is CN1CC[C@@H](O)[C@H](C(=O)NCCc2nccn2C)C1. The van der Waals surface area contributed by atoms with Gasteiger partial charge in [0.25, 0.3) is 0 Å². The Morgan fingerprint density at radius 3 is 3.05 bits per heavy atom. The number of carbonyl (C=O) groups excluding carboxylic acids is 1. The van der Waals surface area contributed by atoms with Gasteiger partial charge in [0, 0.05) is 45.5 Å². The molecular weight excluding hydrogens is 244 g/mol. The van der Waals surface area contributed by atoms with Crippen molar-refractivity contribution in [1.29, 1.82) is 0 Å². The van der Waals surface area contributed by atoms with E-state index >= 15 is 0 Å². The molecule has 1 aromatic heterocycles. The maximum absolute atomic E-state index is 12.0. The summed E-state index contributed by atoms with van der Waals surface area (Å²) in [5.41, 5.74) is 0. The number of nitrogens with zero attached hydrogens (tertiary/aromatic N) is 3. The van der Waals surface area contributed by atoms with E-state index in [-0.39, 0.29) is 11.8 Å². The highest BCUT2D eigenvalue weighted by Crippen LogP contribution is 2.16. The lowest BCUT2D eigenvalue weighted by Gasteiger charge is -2.32. The van der Waals surface area contributed by atoms with E-state index in [1.54, 1.807) is 6.20 Å². The molecule has 106 valence electrons. The van der Waals surface area contributed by atoms with Gasteiger partial charge < -0.3 is 19.9 Å². The number of carbonyl (C=O) groups is 1. The van der Waals surface area contributed by atoms with Crippen molar-refractivity contribution < 1.29 is 9.90 Å². The minimum absolute atomic E-state index is 0.0618. The fraction of sp³-hybridized carbons (Fsp3) is 0.692. The molecule has 0 saturated carbocycles. The predicted octanol–water partition coefficient (Wildman–Crippen LogP) is -0.609. The molecule has 1 amide bonds. The third-order valence-corrected chi connectivity index (χ3v) is 3.68. The highest BCUT2D eigenvalue weighted by molar-refractivity contribution is 5.79. The summed E-state index contributed by atoms with van der Waals surface area (Å²) in [6, 6.07) is 0. The van der Waals surface area contributed by atoms with E-state index in [0.29, 0.717) is 25.9 Å². The van der Waals surface area contributed by atoms with Gasteiger partial charge >= 0.3 is 0 Å². The first kappa shape index (κ1) is 14.0. The number of aryl methyl sites for hydroxylation is 1. The molecule has 0 spiro atoms. The summed E-state index contributed by atoms with van der Waals surface area (Å²) < 4.78 is 1.94. The van der Waals surface area contributed by atoms with Gasteiger partial charge in [-0.3, -0.25) is 4.79 Å². The number of aliphatic hydroxyl groups is 1. The van der Waals surface area contributed by atoms with Crippen LogP contribution in [0.3, 0.4) is 0 Å². The first-order chi connectivity index (χ1) is 9.08. The molecule has 1 fully saturated rings. The summed E-state index contributed by atoms with van der Waals surface area (Å²) in [7, 11) is 3.91. The number of hydrogen-bond donors (Lipinski definition) is 2. The number of imidazole rings is 1. The van der Waals surface area contributed by atoms with Crippen LogP contribution in [0.25, 0.3) is 0 Å². The Hall–Kier alpha value is -1.40. The molecule has 1 saturated heterocycles. The van der Waals surface area contributed by atoms with Crippen molar-refractivity contribution in [1.82, 2.24) is 19.8 Å². The number of rotatable bonds is 4. The van der Waals surface area contributed by atoms with Gasteiger partial charge in [0.15, 0.2) is 0 Å². The molecule has 19 heavy (non-hydrogen) atoms. The Balaban J connectivity index is 1.79. The van der Waals surface area contributed by atoms with Gasteiger partial charge in [-0.05, 0) is 13.5 Å². The second-order valence-electron chi connectivity index (χ2n) is 5.22. The normalized spacial score (nSPS) is 24.4. The van der Waals surface area contributed by atoms with E-state index in [0.717, 1.165) is 12.4 Å². The Kier molecular flexibility index (Phi) is 4.55. The van der Waals surface area contributed by atoms with Crippen LogP contribution in [0.1, 0.15) is 12.2 Å². The molecule has 0 aliphatic carbocycles. The second kappa shape index (κ2) is 6.16. The quantitative estimate of drug-likeness (QED) is 0.763. The first-order valence-corrected chi connectivity index (χ1v) is 6.68. The summed E-state index contributed by atoms with van der Waals surface area (Å²) in [4.78, 5) is 18.3. The number of amides is 1. The minimum Gasteiger partial charge on any atom is -0.392 e. The van der Waals surface area contributed by atoms with Crippen LogP contribution in [0.5, 0.6) is 0 Å². The number of hydrogen-bond acceptors (Lipinski definition) is 4. The van der Waals surface area contributed by atoms with Crippen LogP contribution in [0.15, 0.2) is 12.4 Å². The molecule has 6 heteroatoms. The molecule has 2 atom stereocenters. The highest BCUT2D eigenvalue weighted by Gasteiger charge is 2.31. The third-order valence-electron chi connectivity index (χ3n) is 3.68. The lowest BCUT2D eigenvalue weighted by atomic mass is 9.94. The highest BCUT2D eigenvalue weighted by atomic mass is 16.3. The van der Waals surface area contributed by atoms with Gasteiger partial charge in [-0.1, -0.05) is 0 Å². The summed E-state index contributed by atoms with van der Waals surface area (Å²) in [6.07, 6.45) is 4.47. The van der Waals surface area contributed by atoms with Gasteiger partial charge in [-0.2, -0.15) is 0 Å². The lowest BCUT2D eigenvalue weighted by Crippen LogP contribution is -2.49. The van der Waals surface area contributed by atoms with Crippen molar-refractivity contribution in [2.24, 2.45) is 13.0 Å². The Bertz CT molecular complexity index is 432. The first-order valence-electron chi connectivity index (χ1n) is 6.68. The molecule has 0 aromatic carbocycles. The Labute approximate surface area is 113 Å². The molecule has 2 heterocycles.